The van der Waals surface area contributed by atoms with Crippen molar-refractivity contribution in [2.24, 2.45) is 0 Å². The van der Waals surface area contributed by atoms with Crippen molar-refractivity contribution in [1.29, 1.82) is 5.26 Å². The summed E-state index contributed by atoms with van der Waals surface area (Å²) < 4.78 is 5.26. The third kappa shape index (κ3) is 3.02. The number of nitriles is 1. The number of nitrogens with one attached hydrogen (secondary N) is 1. The van der Waals surface area contributed by atoms with Gasteiger partial charge < -0.3 is 10.1 Å². The summed E-state index contributed by atoms with van der Waals surface area (Å²) in [6.07, 6.45) is 0.987. The molecule has 0 atom stereocenters. The molecule has 0 amide bonds. The highest BCUT2D eigenvalue weighted by molar-refractivity contribution is 7.09. The third-order valence-corrected chi connectivity index (χ3v) is 3.53. The second-order valence-corrected chi connectivity index (χ2v) is 4.82. The van der Waals surface area contributed by atoms with Gasteiger partial charge in [0.25, 0.3) is 0 Å². The number of thiophene rings is 1. The van der Waals surface area contributed by atoms with Crippen LogP contribution in [0.2, 0.25) is 0 Å². The van der Waals surface area contributed by atoms with Crippen LogP contribution >= 0.6 is 11.3 Å². The van der Waals surface area contributed by atoms with E-state index in [1.54, 1.807) is 30.6 Å². The normalized spacial score (nSPS) is 9.78. The van der Waals surface area contributed by atoms with E-state index in [1.165, 1.54) is 4.88 Å². The number of hydrogen-bond acceptors (Lipinski definition) is 4. The molecule has 0 radical (unpaired) electrons. The fourth-order valence-electron chi connectivity index (χ4n) is 1.68. The van der Waals surface area contributed by atoms with E-state index in [9.17, 15) is 0 Å². The molecule has 0 fully saturated rings. The summed E-state index contributed by atoms with van der Waals surface area (Å²) in [6, 6.07) is 11.7. The van der Waals surface area contributed by atoms with Crippen LogP contribution in [-0.2, 0) is 6.42 Å². The van der Waals surface area contributed by atoms with Crippen LogP contribution in [0.1, 0.15) is 10.4 Å². The Balaban J connectivity index is 1.98. The fourth-order valence-corrected chi connectivity index (χ4v) is 2.39. The summed E-state index contributed by atoms with van der Waals surface area (Å²) in [4.78, 5) is 1.36. The lowest BCUT2D eigenvalue weighted by Gasteiger charge is -2.10. The van der Waals surface area contributed by atoms with Crippen molar-refractivity contribution in [3.05, 3.63) is 46.2 Å². The number of rotatable bonds is 5. The molecule has 0 spiro atoms. The molecule has 0 aliphatic heterocycles. The van der Waals surface area contributed by atoms with E-state index in [2.05, 4.69) is 28.9 Å². The van der Waals surface area contributed by atoms with Crippen molar-refractivity contribution in [3.8, 4) is 11.8 Å². The van der Waals surface area contributed by atoms with Gasteiger partial charge >= 0.3 is 0 Å². The van der Waals surface area contributed by atoms with Crippen molar-refractivity contribution >= 4 is 17.0 Å². The number of benzene rings is 1. The second-order valence-electron chi connectivity index (χ2n) is 3.78. The second kappa shape index (κ2) is 6.08. The minimum Gasteiger partial charge on any atom is -0.495 e. The van der Waals surface area contributed by atoms with Crippen LogP contribution in [-0.4, -0.2) is 13.7 Å². The summed E-state index contributed by atoms with van der Waals surface area (Å²) in [5, 5.41) is 14.2. The largest absolute Gasteiger partial charge is 0.495 e. The molecule has 0 aliphatic carbocycles. The van der Waals surface area contributed by atoms with E-state index < -0.39 is 0 Å². The lowest BCUT2D eigenvalue weighted by atomic mass is 10.2. The Morgan fingerprint density at radius 3 is 2.94 bits per heavy atom. The predicted octanol–water partition coefficient (Wildman–Crippen LogP) is 3.28. The van der Waals surface area contributed by atoms with Gasteiger partial charge in [0.15, 0.2) is 0 Å². The summed E-state index contributed by atoms with van der Waals surface area (Å²) in [5.41, 5.74) is 1.53. The van der Waals surface area contributed by atoms with Gasteiger partial charge in [-0.15, -0.1) is 11.3 Å². The molecule has 2 aromatic rings. The average Bonchev–Trinajstić information content (AvgIpc) is 2.92. The van der Waals surface area contributed by atoms with Gasteiger partial charge in [-0.2, -0.15) is 5.26 Å². The van der Waals surface area contributed by atoms with Crippen LogP contribution in [0, 0.1) is 11.3 Å². The van der Waals surface area contributed by atoms with Gasteiger partial charge in [0.05, 0.1) is 24.4 Å². The number of ether oxygens (including phenoxy) is 1. The standard InChI is InChI=1S/C14H14N2OS/c1-17-14-9-11(10-15)4-5-13(14)16-7-6-12-3-2-8-18-12/h2-5,8-9,16H,6-7H2,1H3. The monoisotopic (exact) mass is 258 g/mol. The van der Waals surface area contributed by atoms with E-state index >= 15 is 0 Å². The van der Waals surface area contributed by atoms with Crippen LogP contribution in [0.4, 0.5) is 5.69 Å². The molecule has 92 valence electrons. The molecule has 2 rings (SSSR count). The molecular weight excluding hydrogens is 244 g/mol. The molecule has 1 aromatic heterocycles. The third-order valence-electron chi connectivity index (χ3n) is 2.60. The van der Waals surface area contributed by atoms with Crippen molar-refractivity contribution in [1.82, 2.24) is 0 Å². The molecule has 4 heteroatoms. The first-order valence-corrected chi connectivity index (χ1v) is 6.56. The molecule has 18 heavy (non-hydrogen) atoms. The lowest BCUT2D eigenvalue weighted by molar-refractivity contribution is 0.416. The van der Waals surface area contributed by atoms with Gasteiger partial charge in [0, 0.05) is 17.5 Å². The van der Waals surface area contributed by atoms with Gasteiger partial charge in [0.2, 0.25) is 0 Å². The first kappa shape index (κ1) is 12.5. The summed E-state index contributed by atoms with van der Waals surface area (Å²) in [6.45, 7) is 0.850. The van der Waals surface area contributed by atoms with Gasteiger partial charge in [0.1, 0.15) is 5.75 Å². The van der Waals surface area contributed by atoms with E-state index in [0.29, 0.717) is 11.3 Å². The SMILES string of the molecule is COc1cc(C#N)ccc1NCCc1cccs1. The fraction of sp³-hybridized carbons (Fsp3) is 0.214. The van der Waals surface area contributed by atoms with Crippen LogP contribution in [0.3, 0.4) is 0 Å². The van der Waals surface area contributed by atoms with Gasteiger partial charge in [-0.1, -0.05) is 6.07 Å². The molecule has 0 saturated heterocycles. The number of methoxy groups -OCH3 is 1. The quantitative estimate of drug-likeness (QED) is 0.895. The highest BCUT2D eigenvalue weighted by atomic mass is 32.1. The zero-order valence-corrected chi connectivity index (χ0v) is 11.0. The topological polar surface area (TPSA) is 45.0 Å². The maximum atomic E-state index is 8.82. The Bertz CT molecular complexity index is 543. The zero-order chi connectivity index (χ0) is 12.8. The molecule has 3 nitrogen and oxygen atoms in total. The predicted molar refractivity (Wildman–Crippen MR) is 74.2 cm³/mol. The molecule has 0 saturated carbocycles. The highest BCUT2D eigenvalue weighted by Gasteiger charge is 2.03. The molecule has 0 bridgehead atoms. The minimum atomic E-state index is 0.607. The lowest BCUT2D eigenvalue weighted by Crippen LogP contribution is -2.05. The van der Waals surface area contributed by atoms with Crippen LogP contribution in [0.25, 0.3) is 0 Å². The smallest absolute Gasteiger partial charge is 0.143 e. The number of anilines is 1. The molecule has 0 unspecified atom stereocenters. The van der Waals surface area contributed by atoms with E-state index in [-0.39, 0.29) is 0 Å². The molecular formula is C14H14N2OS. The minimum absolute atomic E-state index is 0.607. The van der Waals surface area contributed by atoms with E-state index in [4.69, 9.17) is 10.00 Å². The first-order valence-electron chi connectivity index (χ1n) is 5.68. The number of nitrogens with zero attached hydrogens (tertiary/aromatic N) is 1. The van der Waals surface area contributed by atoms with Crippen LogP contribution < -0.4 is 10.1 Å². The Kier molecular flexibility index (Phi) is 4.21. The Hall–Kier alpha value is -1.99. The van der Waals surface area contributed by atoms with Crippen molar-refractivity contribution in [2.45, 2.75) is 6.42 Å². The van der Waals surface area contributed by atoms with E-state index in [0.717, 1.165) is 18.7 Å². The Morgan fingerprint density at radius 2 is 2.28 bits per heavy atom. The maximum absolute atomic E-state index is 8.82. The highest BCUT2D eigenvalue weighted by Crippen LogP contribution is 2.25. The average molecular weight is 258 g/mol. The van der Waals surface area contributed by atoms with Gasteiger partial charge in [-0.25, -0.2) is 0 Å². The Labute approximate surface area is 111 Å². The molecule has 1 aromatic carbocycles. The van der Waals surface area contributed by atoms with Crippen LogP contribution in [0.5, 0.6) is 5.75 Å². The first-order chi connectivity index (χ1) is 8.83. The summed E-state index contributed by atoms with van der Waals surface area (Å²) >= 11 is 1.76. The Morgan fingerprint density at radius 1 is 1.39 bits per heavy atom. The molecule has 1 heterocycles. The zero-order valence-electron chi connectivity index (χ0n) is 10.1. The molecule has 0 aliphatic rings. The van der Waals surface area contributed by atoms with Crippen molar-refractivity contribution in [2.75, 3.05) is 19.0 Å². The maximum Gasteiger partial charge on any atom is 0.143 e. The van der Waals surface area contributed by atoms with Crippen molar-refractivity contribution < 1.29 is 4.74 Å². The molecule has 1 N–H and O–H groups in total. The van der Waals surface area contributed by atoms with Gasteiger partial charge in [-0.3, -0.25) is 0 Å². The summed E-state index contributed by atoms with van der Waals surface area (Å²) in [7, 11) is 1.61. The number of hydrogen-bond donors (Lipinski definition) is 1. The van der Waals surface area contributed by atoms with Crippen LogP contribution in [0.15, 0.2) is 35.7 Å². The summed E-state index contributed by atoms with van der Waals surface area (Å²) in [5.74, 6) is 0.709. The van der Waals surface area contributed by atoms with Crippen molar-refractivity contribution in [3.63, 3.8) is 0 Å². The van der Waals surface area contributed by atoms with E-state index in [1.807, 2.05) is 6.07 Å². The van der Waals surface area contributed by atoms with Gasteiger partial charge in [-0.05, 0) is 30.0 Å².